The second-order valence-electron chi connectivity index (χ2n) is 10.2. The van der Waals surface area contributed by atoms with Gasteiger partial charge in [0.25, 0.3) is 0 Å². The van der Waals surface area contributed by atoms with Gasteiger partial charge in [-0.1, -0.05) is 29.5 Å². The highest BCUT2D eigenvalue weighted by Gasteiger charge is 2.30. The van der Waals surface area contributed by atoms with E-state index < -0.39 is 6.36 Å². The van der Waals surface area contributed by atoms with Gasteiger partial charge in [0.2, 0.25) is 5.89 Å². The number of aromatic nitrogens is 4. The molecule has 3 heterocycles. The zero-order chi connectivity index (χ0) is 29.9. The molecule has 0 amide bonds. The normalized spacial score (nSPS) is 14.4. The molecular formula is C31H34F3N5O4. The Labute approximate surface area is 247 Å². The molecule has 1 aliphatic rings. The molecule has 0 aliphatic carbocycles. The quantitative estimate of drug-likeness (QED) is 0.168. The van der Waals surface area contributed by atoms with Crippen molar-refractivity contribution in [2.24, 2.45) is 0 Å². The minimum atomic E-state index is -4.72. The fraction of sp³-hybridized carbons (Fsp3) is 0.387. The number of benzene rings is 2. The van der Waals surface area contributed by atoms with E-state index in [9.17, 15) is 13.2 Å². The molecule has 0 spiro atoms. The summed E-state index contributed by atoms with van der Waals surface area (Å²) in [7, 11) is 0. The largest absolute Gasteiger partial charge is 0.573 e. The van der Waals surface area contributed by atoms with Crippen LogP contribution in [0.1, 0.15) is 41.2 Å². The average Bonchev–Trinajstić information content (AvgIpc) is 3.67. The molecular weight excluding hydrogens is 563 g/mol. The minimum absolute atomic E-state index is 0.243. The molecule has 0 atom stereocenters. The Morgan fingerprint density at radius 3 is 2.37 bits per heavy atom. The predicted octanol–water partition coefficient (Wildman–Crippen LogP) is 5.81. The first-order valence-corrected chi connectivity index (χ1v) is 14.3. The number of morpholine rings is 1. The highest BCUT2D eigenvalue weighted by atomic mass is 19.4. The Hall–Kier alpha value is -4.16. The van der Waals surface area contributed by atoms with Gasteiger partial charge in [0.1, 0.15) is 30.1 Å². The predicted molar refractivity (Wildman–Crippen MR) is 153 cm³/mol. The monoisotopic (exact) mass is 597 g/mol. The molecule has 0 N–H and O–H groups in total. The summed E-state index contributed by atoms with van der Waals surface area (Å²) in [5.74, 6) is 0.819. The molecule has 0 saturated carbocycles. The molecule has 2 aromatic carbocycles. The van der Waals surface area contributed by atoms with Crippen LogP contribution in [0.4, 0.5) is 13.2 Å². The van der Waals surface area contributed by atoms with E-state index in [2.05, 4.69) is 43.3 Å². The summed E-state index contributed by atoms with van der Waals surface area (Å²) in [6.45, 7) is 5.63. The lowest BCUT2D eigenvalue weighted by Gasteiger charge is -2.26. The zero-order valence-electron chi connectivity index (χ0n) is 23.7. The van der Waals surface area contributed by atoms with Crippen molar-refractivity contribution in [2.75, 3.05) is 32.8 Å². The smallest absolute Gasteiger partial charge is 0.487 e. The van der Waals surface area contributed by atoms with E-state index in [4.69, 9.17) is 13.9 Å². The number of alkyl halides is 3. The lowest BCUT2D eigenvalue weighted by molar-refractivity contribution is -0.274. The van der Waals surface area contributed by atoms with Crippen molar-refractivity contribution < 1.29 is 31.8 Å². The molecule has 1 aliphatic heterocycles. The van der Waals surface area contributed by atoms with Gasteiger partial charge in [0.05, 0.1) is 25.5 Å². The van der Waals surface area contributed by atoms with E-state index in [1.165, 1.54) is 36.1 Å². The molecule has 2 aromatic heterocycles. The van der Waals surface area contributed by atoms with Gasteiger partial charge in [-0.2, -0.15) is 0 Å². The van der Waals surface area contributed by atoms with Crippen molar-refractivity contribution in [2.45, 2.75) is 45.2 Å². The van der Waals surface area contributed by atoms with Crippen LogP contribution in [0.3, 0.4) is 0 Å². The van der Waals surface area contributed by atoms with E-state index in [1.54, 1.807) is 12.2 Å². The van der Waals surface area contributed by atoms with Crippen LogP contribution in [0.2, 0.25) is 0 Å². The maximum absolute atomic E-state index is 12.3. The summed E-state index contributed by atoms with van der Waals surface area (Å²) in [6.07, 6.45) is 6.15. The van der Waals surface area contributed by atoms with Crippen LogP contribution in [0.15, 0.2) is 65.4 Å². The van der Waals surface area contributed by atoms with Crippen molar-refractivity contribution in [1.29, 1.82) is 0 Å². The first kappa shape index (κ1) is 30.3. The Balaban J connectivity index is 0.982. The van der Waals surface area contributed by atoms with Crippen molar-refractivity contribution in [3.8, 4) is 11.5 Å². The number of oxazole rings is 1. The minimum Gasteiger partial charge on any atom is -0.487 e. The molecule has 5 rings (SSSR count). The van der Waals surface area contributed by atoms with Gasteiger partial charge < -0.3 is 18.6 Å². The van der Waals surface area contributed by atoms with Gasteiger partial charge >= 0.3 is 6.36 Å². The van der Waals surface area contributed by atoms with Crippen LogP contribution in [0.5, 0.6) is 11.5 Å². The fourth-order valence-electron chi connectivity index (χ4n) is 4.59. The zero-order valence-corrected chi connectivity index (χ0v) is 23.7. The fourth-order valence-corrected chi connectivity index (χ4v) is 4.59. The SMILES string of the molecule is FC(F)(F)Oc1ccc(C=Cc2nc(COc3ccc(CCCCc4cn(CCN5CCOCC5)nn4)cc3)co2)cc1. The van der Waals surface area contributed by atoms with E-state index in [1.807, 2.05) is 16.8 Å². The molecule has 12 heteroatoms. The summed E-state index contributed by atoms with van der Waals surface area (Å²) in [4.78, 5) is 6.75. The third-order valence-electron chi connectivity index (χ3n) is 6.90. The Morgan fingerprint density at radius 2 is 1.60 bits per heavy atom. The number of unbranched alkanes of at least 4 members (excludes halogenated alkanes) is 1. The van der Waals surface area contributed by atoms with Crippen LogP contribution in [0.25, 0.3) is 12.2 Å². The maximum Gasteiger partial charge on any atom is 0.573 e. The van der Waals surface area contributed by atoms with Gasteiger partial charge in [0.15, 0.2) is 0 Å². The molecule has 0 unspecified atom stereocenters. The molecule has 9 nitrogen and oxygen atoms in total. The van der Waals surface area contributed by atoms with Gasteiger partial charge in [-0.05, 0) is 67.2 Å². The number of rotatable bonds is 14. The highest BCUT2D eigenvalue weighted by Crippen LogP contribution is 2.23. The van der Waals surface area contributed by atoms with Gasteiger partial charge in [-0.25, -0.2) is 4.98 Å². The molecule has 43 heavy (non-hydrogen) atoms. The third kappa shape index (κ3) is 10.3. The van der Waals surface area contributed by atoms with E-state index in [0.717, 1.165) is 76.5 Å². The molecule has 0 bridgehead atoms. The number of hydrogen-bond donors (Lipinski definition) is 0. The number of hydrogen-bond acceptors (Lipinski definition) is 8. The van der Waals surface area contributed by atoms with Crippen LogP contribution in [-0.2, 0) is 30.7 Å². The van der Waals surface area contributed by atoms with Crippen LogP contribution >= 0.6 is 0 Å². The lowest BCUT2D eigenvalue weighted by atomic mass is 10.1. The van der Waals surface area contributed by atoms with Crippen molar-refractivity contribution in [3.63, 3.8) is 0 Å². The Kier molecular flexibility index (Phi) is 10.5. The van der Waals surface area contributed by atoms with Crippen molar-refractivity contribution in [1.82, 2.24) is 24.9 Å². The molecule has 4 aromatic rings. The molecule has 0 radical (unpaired) electrons. The summed E-state index contributed by atoms with van der Waals surface area (Å²) >= 11 is 0. The van der Waals surface area contributed by atoms with Gasteiger partial charge in [0, 0.05) is 31.9 Å². The van der Waals surface area contributed by atoms with E-state index >= 15 is 0 Å². The van der Waals surface area contributed by atoms with Gasteiger partial charge in [-0.15, -0.1) is 18.3 Å². The summed E-state index contributed by atoms with van der Waals surface area (Å²) in [6, 6.07) is 13.5. The van der Waals surface area contributed by atoms with Crippen molar-refractivity contribution in [3.05, 3.63) is 89.4 Å². The first-order valence-electron chi connectivity index (χ1n) is 14.3. The topological polar surface area (TPSA) is 87.7 Å². The number of nitrogens with zero attached hydrogens (tertiary/aromatic N) is 5. The second-order valence-corrected chi connectivity index (χ2v) is 10.2. The number of ether oxygens (including phenoxy) is 3. The molecule has 1 saturated heterocycles. The number of aryl methyl sites for hydroxylation is 2. The summed E-state index contributed by atoms with van der Waals surface area (Å²) in [5, 5.41) is 8.59. The number of halogens is 3. The Morgan fingerprint density at radius 1 is 0.860 bits per heavy atom. The lowest BCUT2D eigenvalue weighted by Crippen LogP contribution is -2.38. The first-order chi connectivity index (χ1) is 20.9. The second kappa shape index (κ2) is 14.8. The average molecular weight is 598 g/mol. The van der Waals surface area contributed by atoms with E-state index in [0.29, 0.717) is 17.1 Å². The third-order valence-corrected chi connectivity index (χ3v) is 6.90. The Bertz CT molecular complexity index is 1430. The van der Waals surface area contributed by atoms with E-state index in [-0.39, 0.29) is 12.4 Å². The van der Waals surface area contributed by atoms with Crippen LogP contribution in [-0.4, -0.2) is 64.1 Å². The highest BCUT2D eigenvalue weighted by molar-refractivity contribution is 5.66. The van der Waals surface area contributed by atoms with Crippen LogP contribution < -0.4 is 9.47 Å². The summed E-state index contributed by atoms with van der Waals surface area (Å²) in [5.41, 5.74) is 3.57. The molecule has 228 valence electrons. The van der Waals surface area contributed by atoms with Gasteiger partial charge in [-0.3, -0.25) is 9.58 Å². The maximum atomic E-state index is 12.3. The summed E-state index contributed by atoms with van der Waals surface area (Å²) < 4.78 is 59.4. The molecule has 1 fully saturated rings. The standard InChI is InChI=1S/C31H34F3N5O4/c32-31(33,34)43-29-12-7-25(8-13-29)9-14-30-35-27(23-42-30)22-41-28-10-5-24(6-11-28)3-1-2-4-26-21-39(37-36-26)16-15-38-17-19-40-20-18-38/h5-14,21,23H,1-4,15-20,22H2. The van der Waals surface area contributed by atoms with Crippen LogP contribution in [0, 0.1) is 0 Å². The van der Waals surface area contributed by atoms with Crippen molar-refractivity contribution >= 4 is 12.2 Å².